The Bertz CT molecular complexity index is 900. The second-order valence-electron chi connectivity index (χ2n) is 8.27. The van der Waals surface area contributed by atoms with Crippen LogP contribution in [0.25, 0.3) is 10.9 Å². The second kappa shape index (κ2) is 7.94. The van der Waals surface area contributed by atoms with E-state index in [0.717, 1.165) is 5.52 Å². The van der Waals surface area contributed by atoms with Crippen molar-refractivity contribution in [2.45, 2.75) is 50.7 Å². The summed E-state index contributed by atoms with van der Waals surface area (Å²) in [6.45, 7) is 1.59. The van der Waals surface area contributed by atoms with E-state index < -0.39 is 5.60 Å². The third-order valence-electron chi connectivity index (χ3n) is 6.00. The van der Waals surface area contributed by atoms with E-state index in [2.05, 4.69) is 11.4 Å². The Balaban J connectivity index is 1.59. The number of benzene rings is 1. The summed E-state index contributed by atoms with van der Waals surface area (Å²) in [6.07, 6.45) is 9.14. The molecule has 2 heterocycles. The van der Waals surface area contributed by atoms with Gasteiger partial charge in [0.1, 0.15) is 5.60 Å². The fourth-order valence-electron chi connectivity index (χ4n) is 4.39. The highest BCUT2D eigenvalue weighted by atomic mass is 16.5. The van der Waals surface area contributed by atoms with Crippen LogP contribution in [0.3, 0.4) is 0 Å². The highest BCUT2D eigenvalue weighted by Crippen LogP contribution is 2.29. The second-order valence-corrected chi connectivity index (χ2v) is 8.27. The van der Waals surface area contributed by atoms with Crippen molar-refractivity contribution in [2.75, 3.05) is 19.8 Å². The molecule has 6 heteroatoms. The average Bonchev–Trinajstić information content (AvgIpc) is 2.86. The molecule has 0 atom stereocenters. The zero-order valence-corrected chi connectivity index (χ0v) is 16.1. The number of amides is 1. The molecule has 0 bridgehead atoms. The number of hydrogen-bond acceptors (Lipinski definition) is 4. The number of ether oxygens (including phenoxy) is 1. The summed E-state index contributed by atoms with van der Waals surface area (Å²) in [5.41, 5.74) is 0.860. The third kappa shape index (κ3) is 3.78. The Morgan fingerprint density at radius 2 is 2.04 bits per heavy atom. The molecular formula is C22H27N3O3. The quantitative estimate of drug-likeness (QED) is 0.780. The Morgan fingerprint density at radius 3 is 2.68 bits per heavy atom. The van der Waals surface area contributed by atoms with Crippen LogP contribution in [-0.2, 0) is 11.3 Å². The molecule has 1 saturated heterocycles. The molecule has 28 heavy (non-hydrogen) atoms. The maximum Gasteiger partial charge on any atom is 0.253 e. The first-order valence-electron chi connectivity index (χ1n) is 10.2. The van der Waals surface area contributed by atoms with E-state index in [4.69, 9.17) is 4.74 Å². The minimum atomic E-state index is -0.914. The van der Waals surface area contributed by atoms with Gasteiger partial charge in [-0.25, -0.2) is 0 Å². The summed E-state index contributed by atoms with van der Waals surface area (Å²) in [7, 11) is 0. The number of aromatic nitrogens is 1. The zero-order valence-electron chi connectivity index (χ0n) is 16.1. The predicted octanol–water partition coefficient (Wildman–Crippen LogP) is 2.97. The lowest BCUT2D eigenvalue weighted by molar-refractivity contribution is -0.184. The molecule has 2 aliphatic rings. The number of fused-ring (bicyclic) bond motifs is 1. The third-order valence-corrected chi connectivity index (χ3v) is 6.00. The fraction of sp³-hybridized carbons (Fsp3) is 0.545. The van der Waals surface area contributed by atoms with E-state index in [-0.39, 0.29) is 19.1 Å². The van der Waals surface area contributed by atoms with Crippen LogP contribution in [0, 0.1) is 17.2 Å². The largest absolute Gasteiger partial charge is 0.383 e. The van der Waals surface area contributed by atoms with Gasteiger partial charge in [-0.2, -0.15) is 5.26 Å². The van der Waals surface area contributed by atoms with Crippen LogP contribution in [0.5, 0.6) is 0 Å². The SMILES string of the molecule is N#Cc1cccc2c1c(C(=O)NCC1CCCCCC1)cn2CC1(O)COC1. The van der Waals surface area contributed by atoms with Gasteiger partial charge < -0.3 is 19.7 Å². The molecule has 2 N–H and O–H groups in total. The Kier molecular flexibility index (Phi) is 5.38. The van der Waals surface area contributed by atoms with Gasteiger partial charge in [0.25, 0.3) is 5.91 Å². The van der Waals surface area contributed by atoms with Crippen molar-refractivity contribution in [3.05, 3.63) is 35.5 Å². The van der Waals surface area contributed by atoms with Gasteiger partial charge in [0.05, 0.1) is 42.5 Å². The van der Waals surface area contributed by atoms with Gasteiger partial charge in [-0.1, -0.05) is 31.7 Å². The molecular weight excluding hydrogens is 354 g/mol. The monoisotopic (exact) mass is 381 g/mol. The first-order chi connectivity index (χ1) is 13.6. The minimum Gasteiger partial charge on any atom is -0.383 e. The average molecular weight is 381 g/mol. The van der Waals surface area contributed by atoms with Gasteiger partial charge in [0.2, 0.25) is 0 Å². The van der Waals surface area contributed by atoms with Crippen LogP contribution in [0.4, 0.5) is 0 Å². The summed E-state index contributed by atoms with van der Waals surface area (Å²) in [5, 5.41) is 23.8. The lowest BCUT2D eigenvalue weighted by Crippen LogP contribution is -2.52. The Morgan fingerprint density at radius 1 is 1.29 bits per heavy atom. The van der Waals surface area contributed by atoms with Gasteiger partial charge in [0, 0.05) is 18.1 Å². The van der Waals surface area contributed by atoms with Crippen molar-refractivity contribution < 1.29 is 14.6 Å². The summed E-state index contributed by atoms with van der Waals surface area (Å²) >= 11 is 0. The Hall–Kier alpha value is -2.36. The van der Waals surface area contributed by atoms with Crippen LogP contribution in [-0.4, -0.2) is 40.9 Å². The fourth-order valence-corrected chi connectivity index (χ4v) is 4.39. The first kappa shape index (κ1) is 19.0. The van der Waals surface area contributed by atoms with E-state index in [1.54, 1.807) is 12.3 Å². The van der Waals surface area contributed by atoms with Crippen LogP contribution in [0.2, 0.25) is 0 Å². The summed E-state index contributed by atoms with van der Waals surface area (Å²) in [4.78, 5) is 13.0. The number of nitriles is 1. The summed E-state index contributed by atoms with van der Waals surface area (Å²) in [6, 6.07) is 7.64. The van der Waals surface area contributed by atoms with E-state index in [0.29, 0.717) is 35.5 Å². The number of aliphatic hydroxyl groups is 1. The standard InChI is InChI=1S/C22H27N3O3/c23-10-17-8-5-9-19-20(17)18(12-25(19)13-22(27)14-28-15-22)21(26)24-11-16-6-3-1-2-4-7-16/h5,8-9,12,16,27H,1-4,6-7,11,13-15H2,(H,24,26). The van der Waals surface area contributed by atoms with Gasteiger partial charge in [-0.3, -0.25) is 4.79 Å². The van der Waals surface area contributed by atoms with Gasteiger partial charge >= 0.3 is 0 Å². The highest BCUT2D eigenvalue weighted by Gasteiger charge is 2.37. The highest BCUT2D eigenvalue weighted by molar-refractivity contribution is 6.09. The van der Waals surface area contributed by atoms with E-state index in [1.165, 1.54) is 38.5 Å². The van der Waals surface area contributed by atoms with Crippen LogP contribution < -0.4 is 5.32 Å². The van der Waals surface area contributed by atoms with Gasteiger partial charge in [0.15, 0.2) is 0 Å². The van der Waals surface area contributed by atoms with Crippen LogP contribution >= 0.6 is 0 Å². The molecule has 6 nitrogen and oxygen atoms in total. The van der Waals surface area contributed by atoms with Crippen molar-refractivity contribution in [3.8, 4) is 6.07 Å². The zero-order chi connectivity index (χ0) is 19.6. The summed E-state index contributed by atoms with van der Waals surface area (Å²) in [5.74, 6) is 0.385. The van der Waals surface area contributed by atoms with E-state index in [1.807, 2.05) is 16.7 Å². The topological polar surface area (TPSA) is 87.3 Å². The Labute approximate surface area is 165 Å². The number of rotatable bonds is 5. The molecule has 1 aliphatic heterocycles. The van der Waals surface area contributed by atoms with Crippen LogP contribution in [0.15, 0.2) is 24.4 Å². The number of carbonyl (C=O) groups is 1. The van der Waals surface area contributed by atoms with Crippen molar-refractivity contribution in [1.82, 2.24) is 9.88 Å². The number of carbonyl (C=O) groups excluding carboxylic acids is 1. The lowest BCUT2D eigenvalue weighted by atomic mass is 10.00. The molecule has 1 aliphatic carbocycles. The number of hydrogen-bond donors (Lipinski definition) is 2. The predicted molar refractivity (Wildman–Crippen MR) is 106 cm³/mol. The normalized spacial score (nSPS) is 19.6. The molecule has 1 aromatic heterocycles. The van der Waals surface area contributed by atoms with Crippen molar-refractivity contribution in [3.63, 3.8) is 0 Å². The minimum absolute atomic E-state index is 0.146. The number of nitrogens with one attached hydrogen (secondary N) is 1. The van der Waals surface area contributed by atoms with Gasteiger partial charge in [-0.05, 0) is 30.9 Å². The molecule has 4 rings (SSSR count). The van der Waals surface area contributed by atoms with Crippen LogP contribution in [0.1, 0.15) is 54.4 Å². The maximum atomic E-state index is 13.0. The molecule has 1 aromatic carbocycles. The lowest BCUT2D eigenvalue weighted by Gasteiger charge is -2.36. The molecule has 148 valence electrons. The molecule has 0 radical (unpaired) electrons. The van der Waals surface area contributed by atoms with E-state index in [9.17, 15) is 15.2 Å². The van der Waals surface area contributed by atoms with Gasteiger partial charge in [-0.15, -0.1) is 0 Å². The van der Waals surface area contributed by atoms with E-state index >= 15 is 0 Å². The smallest absolute Gasteiger partial charge is 0.253 e. The number of nitrogens with zero attached hydrogens (tertiary/aromatic N) is 2. The van der Waals surface area contributed by atoms with Crippen molar-refractivity contribution in [2.24, 2.45) is 5.92 Å². The summed E-state index contributed by atoms with van der Waals surface area (Å²) < 4.78 is 7.02. The molecule has 1 amide bonds. The first-order valence-corrected chi connectivity index (χ1v) is 10.2. The molecule has 0 unspecified atom stereocenters. The molecule has 0 spiro atoms. The molecule has 2 aromatic rings. The molecule has 1 saturated carbocycles. The van der Waals surface area contributed by atoms with Crippen molar-refractivity contribution >= 4 is 16.8 Å². The van der Waals surface area contributed by atoms with Crippen molar-refractivity contribution in [1.29, 1.82) is 5.26 Å². The molecule has 2 fully saturated rings. The maximum absolute atomic E-state index is 13.0.